The van der Waals surface area contributed by atoms with Gasteiger partial charge in [0.25, 0.3) is 5.56 Å². The first kappa shape index (κ1) is 21.6. The second-order valence-corrected chi connectivity index (χ2v) is 7.73. The van der Waals surface area contributed by atoms with Crippen molar-refractivity contribution in [1.29, 1.82) is 0 Å². The molecule has 0 saturated carbocycles. The third kappa shape index (κ3) is 4.73. The van der Waals surface area contributed by atoms with Crippen LogP contribution in [0.15, 0.2) is 21.7 Å². The first-order chi connectivity index (χ1) is 14.3. The molecule has 1 aromatic rings. The molecule has 0 bridgehead atoms. The lowest BCUT2D eigenvalue weighted by Gasteiger charge is -2.17. The highest BCUT2D eigenvalue weighted by Crippen LogP contribution is 2.24. The Morgan fingerprint density at radius 2 is 1.77 bits per heavy atom. The zero-order valence-electron chi connectivity index (χ0n) is 17.3. The number of carbonyl (C=O) groups is 1. The maximum atomic E-state index is 12.3. The average molecular weight is 413 g/mol. The van der Waals surface area contributed by atoms with Crippen LogP contribution in [0.4, 0.5) is 0 Å². The van der Waals surface area contributed by atoms with Crippen LogP contribution in [-0.2, 0) is 11.3 Å². The van der Waals surface area contributed by atoms with Gasteiger partial charge in [0.05, 0.1) is 11.0 Å². The number of nitrogens with one attached hydrogen (secondary N) is 1. The Morgan fingerprint density at radius 1 is 1.10 bits per heavy atom. The predicted molar refractivity (Wildman–Crippen MR) is 114 cm³/mol. The molecular weight excluding hydrogens is 386 g/mol. The lowest BCUT2D eigenvalue weighted by atomic mass is 10.1. The Balaban J connectivity index is 1.78. The molecule has 2 heterocycles. The van der Waals surface area contributed by atoms with E-state index in [1.165, 1.54) is 0 Å². The number of hydrogen-bond acceptors (Lipinski definition) is 6. The van der Waals surface area contributed by atoms with Crippen LogP contribution in [0.5, 0.6) is 0 Å². The third-order valence-corrected chi connectivity index (χ3v) is 5.44. The Hall–Kier alpha value is -3.07. The van der Waals surface area contributed by atoms with E-state index in [1.54, 1.807) is 0 Å². The molecule has 0 fully saturated rings. The molecule has 0 amide bonds. The average Bonchev–Trinajstić information content (AvgIpc) is 2.68. The Morgan fingerprint density at radius 3 is 2.50 bits per heavy atom. The normalized spacial score (nSPS) is 12.5. The highest BCUT2D eigenvalue weighted by Gasteiger charge is 2.19. The van der Waals surface area contributed by atoms with Crippen molar-refractivity contribution in [2.24, 2.45) is 5.73 Å². The molecular formula is C21H27N5O4. The van der Waals surface area contributed by atoms with Gasteiger partial charge in [-0.1, -0.05) is 25.7 Å². The van der Waals surface area contributed by atoms with E-state index in [0.29, 0.717) is 24.3 Å². The van der Waals surface area contributed by atoms with E-state index in [1.807, 2.05) is 30.5 Å². The smallest absolute Gasteiger partial charge is 0.349 e. The number of rotatable bonds is 9. The van der Waals surface area contributed by atoms with Gasteiger partial charge >= 0.3 is 11.7 Å². The van der Waals surface area contributed by atoms with E-state index >= 15 is 0 Å². The van der Waals surface area contributed by atoms with Crippen LogP contribution in [-0.4, -0.2) is 36.6 Å². The van der Waals surface area contributed by atoms with Gasteiger partial charge in [-0.2, -0.15) is 4.98 Å². The van der Waals surface area contributed by atoms with Crippen LogP contribution >= 0.6 is 0 Å². The molecule has 0 radical (unpaired) electrons. The quantitative estimate of drug-likeness (QED) is 0.359. The van der Waals surface area contributed by atoms with Crippen LogP contribution in [0.25, 0.3) is 22.6 Å². The maximum Gasteiger partial charge on any atom is 0.349 e. The monoisotopic (exact) mass is 413 g/mol. The van der Waals surface area contributed by atoms with E-state index in [-0.39, 0.29) is 5.69 Å². The molecule has 1 unspecified atom stereocenters. The van der Waals surface area contributed by atoms with E-state index in [0.717, 1.165) is 48.7 Å². The molecule has 0 saturated heterocycles. The number of carboxylic acid groups (broad SMARTS) is 1. The van der Waals surface area contributed by atoms with Crippen molar-refractivity contribution in [2.45, 2.75) is 65.0 Å². The maximum absolute atomic E-state index is 12.3. The second-order valence-electron chi connectivity index (χ2n) is 7.73. The van der Waals surface area contributed by atoms with Gasteiger partial charge in [-0.05, 0) is 49.9 Å². The number of aromatic amines is 1. The summed E-state index contributed by atoms with van der Waals surface area (Å²) in [6.07, 6.45) is 4.87. The summed E-state index contributed by atoms with van der Waals surface area (Å²) in [4.78, 5) is 45.5. The largest absolute Gasteiger partial charge is 0.480 e. The number of fused-ring (bicyclic) bond motifs is 2. The minimum absolute atomic E-state index is 0.160. The molecule has 1 aromatic carbocycles. The van der Waals surface area contributed by atoms with E-state index < -0.39 is 23.3 Å². The SMILES string of the molecule is Cc1cc2nc3c(=O)[nH]c(=O)nc-3n(CCCCCCCC(N)C(=O)O)c2cc1C. The molecule has 9 heteroatoms. The van der Waals surface area contributed by atoms with Crippen molar-refractivity contribution in [1.82, 2.24) is 19.5 Å². The lowest BCUT2D eigenvalue weighted by molar-refractivity contribution is -0.138. The fraction of sp³-hybridized carbons (Fsp3) is 0.476. The molecule has 4 N–H and O–H groups in total. The number of benzene rings is 1. The van der Waals surface area contributed by atoms with Crippen molar-refractivity contribution < 1.29 is 9.90 Å². The van der Waals surface area contributed by atoms with Gasteiger partial charge in [0.15, 0.2) is 11.5 Å². The van der Waals surface area contributed by atoms with Crippen molar-refractivity contribution in [3.05, 3.63) is 44.1 Å². The minimum Gasteiger partial charge on any atom is -0.480 e. The molecule has 2 aliphatic heterocycles. The van der Waals surface area contributed by atoms with E-state index in [2.05, 4.69) is 15.0 Å². The van der Waals surface area contributed by atoms with Crippen LogP contribution in [0.1, 0.15) is 49.7 Å². The summed E-state index contributed by atoms with van der Waals surface area (Å²) in [5.41, 5.74) is 8.17. The Kier molecular flexibility index (Phi) is 6.61. The topological polar surface area (TPSA) is 144 Å². The number of aliphatic carboxylic acids is 1. The molecule has 0 aromatic heterocycles. The number of H-pyrrole nitrogens is 1. The summed E-state index contributed by atoms with van der Waals surface area (Å²) in [5, 5.41) is 8.81. The zero-order valence-corrected chi connectivity index (χ0v) is 17.3. The summed E-state index contributed by atoms with van der Waals surface area (Å²) < 4.78 is 1.90. The van der Waals surface area contributed by atoms with Gasteiger partial charge in [-0.3, -0.25) is 14.6 Å². The third-order valence-electron chi connectivity index (χ3n) is 5.44. The number of aryl methyl sites for hydroxylation is 3. The first-order valence-electron chi connectivity index (χ1n) is 10.2. The van der Waals surface area contributed by atoms with Gasteiger partial charge in [0.2, 0.25) is 0 Å². The standard InChI is InChI=1S/C21H27N5O4/c1-12-10-15-16(11-13(12)2)26(18-17(23-15)19(27)25-21(30)24-18)9-7-5-3-4-6-8-14(22)20(28)29/h10-11,14H,3-9,22H2,1-2H3,(H,28,29)(H,25,27,30). The number of nitrogens with zero attached hydrogens (tertiary/aromatic N) is 3. The Labute approximate surface area is 173 Å². The highest BCUT2D eigenvalue weighted by atomic mass is 16.4. The van der Waals surface area contributed by atoms with Crippen molar-refractivity contribution >= 4 is 17.0 Å². The first-order valence-corrected chi connectivity index (χ1v) is 10.2. The van der Waals surface area contributed by atoms with Crippen LogP contribution in [0.2, 0.25) is 0 Å². The number of aromatic nitrogens is 4. The molecule has 30 heavy (non-hydrogen) atoms. The summed E-state index contributed by atoms with van der Waals surface area (Å²) in [6, 6.07) is 3.15. The zero-order chi connectivity index (χ0) is 21.8. The molecule has 3 rings (SSSR count). The van der Waals surface area contributed by atoms with Crippen LogP contribution < -0.4 is 17.0 Å². The predicted octanol–water partition coefficient (Wildman–Crippen LogP) is 1.95. The van der Waals surface area contributed by atoms with Gasteiger partial charge in [-0.15, -0.1) is 0 Å². The highest BCUT2D eigenvalue weighted by molar-refractivity contribution is 5.81. The van der Waals surface area contributed by atoms with Crippen LogP contribution in [0.3, 0.4) is 0 Å². The summed E-state index contributed by atoms with van der Waals surface area (Å²) >= 11 is 0. The molecule has 9 nitrogen and oxygen atoms in total. The number of unbranched alkanes of at least 4 members (excludes halogenated alkanes) is 4. The van der Waals surface area contributed by atoms with Crippen molar-refractivity contribution in [3.63, 3.8) is 0 Å². The summed E-state index contributed by atoms with van der Waals surface area (Å²) in [7, 11) is 0. The minimum atomic E-state index is -0.964. The number of hydrogen-bond donors (Lipinski definition) is 3. The molecule has 0 aliphatic carbocycles. The summed E-state index contributed by atoms with van der Waals surface area (Å²) in [6.45, 7) is 4.60. The van der Waals surface area contributed by atoms with Crippen molar-refractivity contribution in [3.8, 4) is 11.5 Å². The number of carboxylic acids is 1. The Bertz CT molecular complexity index is 1150. The van der Waals surface area contributed by atoms with Crippen LogP contribution in [0, 0.1) is 13.8 Å². The van der Waals surface area contributed by atoms with Crippen molar-refractivity contribution in [2.75, 3.05) is 0 Å². The molecule has 0 spiro atoms. The van der Waals surface area contributed by atoms with E-state index in [4.69, 9.17) is 10.8 Å². The van der Waals surface area contributed by atoms with Gasteiger partial charge < -0.3 is 15.4 Å². The van der Waals surface area contributed by atoms with Gasteiger partial charge in [-0.25, -0.2) is 9.78 Å². The fourth-order valence-electron chi connectivity index (χ4n) is 3.56. The molecule has 160 valence electrons. The lowest BCUT2D eigenvalue weighted by Crippen LogP contribution is -2.29. The van der Waals surface area contributed by atoms with Gasteiger partial charge in [0.1, 0.15) is 6.04 Å². The fourth-order valence-corrected chi connectivity index (χ4v) is 3.56. The van der Waals surface area contributed by atoms with Gasteiger partial charge in [0, 0.05) is 6.54 Å². The molecule has 2 aliphatic rings. The van der Waals surface area contributed by atoms with E-state index in [9.17, 15) is 14.4 Å². The number of nitrogens with two attached hydrogens (primary N) is 1. The summed E-state index contributed by atoms with van der Waals surface area (Å²) in [5.74, 6) is -0.666. The second kappa shape index (κ2) is 9.17. The molecule has 1 atom stereocenters.